The third-order valence-corrected chi connectivity index (χ3v) is 3.49. The molecule has 0 N–H and O–H groups in total. The Morgan fingerprint density at radius 2 is 2.28 bits per heavy atom. The first-order valence-electron chi connectivity index (χ1n) is 5.39. The van der Waals surface area contributed by atoms with Crippen LogP contribution < -0.4 is 0 Å². The average Bonchev–Trinajstić information content (AvgIpc) is 2.88. The molecule has 0 bridgehead atoms. The molecule has 3 rings (SSSR count). The van der Waals surface area contributed by atoms with Gasteiger partial charge < -0.3 is 0 Å². The van der Waals surface area contributed by atoms with Crippen LogP contribution in [0.25, 0.3) is 4.96 Å². The van der Waals surface area contributed by atoms with Gasteiger partial charge in [0.1, 0.15) is 11.5 Å². The number of imidazole rings is 1. The lowest BCUT2D eigenvalue weighted by Gasteiger charge is -2.01. The Morgan fingerprint density at radius 1 is 1.44 bits per heavy atom. The van der Waals surface area contributed by atoms with Gasteiger partial charge in [0, 0.05) is 17.1 Å². The number of hydrogen-bond acceptors (Lipinski definition) is 3. The van der Waals surface area contributed by atoms with E-state index in [1.807, 2.05) is 5.38 Å². The van der Waals surface area contributed by atoms with E-state index in [1.54, 1.807) is 23.6 Å². The molecule has 0 aliphatic carbocycles. The van der Waals surface area contributed by atoms with E-state index >= 15 is 0 Å². The van der Waals surface area contributed by atoms with E-state index in [0.29, 0.717) is 17.0 Å². The predicted octanol–water partition coefficient (Wildman–Crippen LogP) is 3.07. The van der Waals surface area contributed by atoms with E-state index in [0.717, 1.165) is 4.96 Å². The van der Waals surface area contributed by atoms with Gasteiger partial charge in [-0.25, -0.2) is 9.37 Å². The fourth-order valence-corrected chi connectivity index (χ4v) is 2.69. The van der Waals surface area contributed by atoms with E-state index in [-0.39, 0.29) is 5.78 Å². The predicted molar refractivity (Wildman–Crippen MR) is 67.6 cm³/mol. The lowest BCUT2D eigenvalue weighted by atomic mass is 10.1. The molecular formula is C13H9FN2OS. The maximum absolute atomic E-state index is 13.2. The highest BCUT2D eigenvalue weighted by molar-refractivity contribution is 7.15. The van der Waals surface area contributed by atoms with Gasteiger partial charge in [-0.05, 0) is 19.1 Å². The van der Waals surface area contributed by atoms with Gasteiger partial charge in [-0.2, -0.15) is 0 Å². The van der Waals surface area contributed by atoms with Gasteiger partial charge in [0.25, 0.3) is 0 Å². The number of aryl methyl sites for hydroxylation is 1. The molecule has 1 aromatic carbocycles. The van der Waals surface area contributed by atoms with E-state index in [9.17, 15) is 9.18 Å². The van der Waals surface area contributed by atoms with Gasteiger partial charge in [-0.15, -0.1) is 11.3 Å². The summed E-state index contributed by atoms with van der Waals surface area (Å²) in [5.41, 5.74) is 1.50. The Bertz CT molecular complexity index is 744. The van der Waals surface area contributed by atoms with Crippen molar-refractivity contribution in [3.05, 3.63) is 58.6 Å². The second-order valence-corrected chi connectivity index (χ2v) is 4.81. The highest BCUT2D eigenvalue weighted by Gasteiger charge is 2.18. The normalized spacial score (nSPS) is 11.0. The standard InChI is InChI=1S/C13H9FN2OS/c1-8-11(16-5-6-18-13(16)15-8)12(17)9-3-2-4-10(14)7-9/h2-7H,1H3. The Kier molecular flexibility index (Phi) is 2.48. The van der Waals surface area contributed by atoms with Gasteiger partial charge in [0.15, 0.2) is 4.96 Å². The van der Waals surface area contributed by atoms with Crippen LogP contribution in [0.3, 0.4) is 0 Å². The second-order valence-electron chi connectivity index (χ2n) is 3.94. The molecule has 0 spiro atoms. The van der Waals surface area contributed by atoms with Crippen LogP contribution >= 0.6 is 11.3 Å². The monoisotopic (exact) mass is 260 g/mol. The van der Waals surface area contributed by atoms with Gasteiger partial charge in [0.2, 0.25) is 5.78 Å². The van der Waals surface area contributed by atoms with Crippen LogP contribution in [-0.4, -0.2) is 15.2 Å². The van der Waals surface area contributed by atoms with Crippen LogP contribution in [0.5, 0.6) is 0 Å². The zero-order valence-electron chi connectivity index (χ0n) is 9.55. The molecule has 3 nitrogen and oxygen atoms in total. The zero-order chi connectivity index (χ0) is 12.7. The second kappa shape index (κ2) is 4.03. The number of thiazole rings is 1. The summed E-state index contributed by atoms with van der Waals surface area (Å²) >= 11 is 1.46. The van der Waals surface area contributed by atoms with Gasteiger partial charge in [0.05, 0.1) is 5.69 Å². The van der Waals surface area contributed by atoms with Crippen LogP contribution in [0, 0.1) is 12.7 Å². The van der Waals surface area contributed by atoms with Crippen LogP contribution in [0.15, 0.2) is 35.8 Å². The summed E-state index contributed by atoms with van der Waals surface area (Å²) in [6.45, 7) is 1.78. The molecule has 0 amide bonds. The van der Waals surface area contributed by atoms with Crippen LogP contribution in [0.4, 0.5) is 4.39 Å². The number of ketones is 1. The number of nitrogens with zero attached hydrogens (tertiary/aromatic N) is 2. The molecule has 2 heterocycles. The Labute approximate surface area is 107 Å². The lowest BCUT2D eigenvalue weighted by Crippen LogP contribution is -2.06. The van der Waals surface area contributed by atoms with Crippen LogP contribution in [-0.2, 0) is 0 Å². The van der Waals surface area contributed by atoms with Crippen molar-refractivity contribution in [1.29, 1.82) is 0 Å². The average molecular weight is 260 g/mol. The molecule has 0 atom stereocenters. The molecule has 0 radical (unpaired) electrons. The summed E-state index contributed by atoms with van der Waals surface area (Å²) in [6, 6.07) is 5.70. The summed E-state index contributed by atoms with van der Waals surface area (Å²) in [7, 11) is 0. The number of carbonyl (C=O) groups is 1. The molecule has 0 aliphatic rings. The Balaban J connectivity index is 2.17. The number of halogens is 1. The number of benzene rings is 1. The van der Waals surface area contributed by atoms with Crippen LogP contribution in [0.1, 0.15) is 21.7 Å². The maximum Gasteiger partial charge on any atom is 0.211 e. The van der Waals surface area contributed by atoms with Crippen molar-refractivity contribution in [2.75, 3.05) is 0 Å². The number of fused-ring (bicyclic) bond motifs is 1. The van der Waals surface area contributed by atoms with Crippen LogP contribution in [0.2, 0.25) is 0 Å². The summed E-state index contributed by atoms with van der Waals surface area (Å²) in [5.74, 6) is -0.623. The highest BCUT2D eigenvalue weighted by atomic mass is 32.1. The summed E-state index contributed by atoms with van der Waals surface area (Å²) in [4.78, 5) is 17.4. The minimum atomic E-state index is -0.412. The molecule has 0 aliphatic heterocycles. The van der Waals surface area contributed by atoms with E-state index in [1.165, 1.54) is 29.5 Å². The van der Waals surface area contributed by atoms with E-state index < -0.39 is 5.82 Å². The molecule has 0 saturated carbocycles. The summed E-state index contributed by atoms with van der Waals surface area (Å²) in [6.07, 6.45) is 1.80. The fourth-order valence-electron chi connectivity index (χ4n) is 1.93. The number of rotatable bonds is 2. The molecule has 18 heavy (non-hydrogen) atoms. The number of aromatic nitrogens is 2. The summed E-state index contributed by atoms with van der Waals surface area (Å²) in [5, 5.41) is 1.87. The van der Waals surface area contributed by atoms with E-state index in [2.05, 4.69) is 4.98 Å². The molecule has 3 aromatic rings. The third kappa shape index (κ3) is 1.64. The minimum Gasteiger partial charge on any atom is -0.287 e. The zero-order valence-corrected chi connectivity index (χ0v) is 10.4. The molecule has 90 valence electrons. The van der Waals surface area contributed by atoms with Gasteiger partial charge in [-0.3, -0.25) is 9.20 Å². The van der Waals surface area contributed by atoms with Crippen molar-refractivity contribution in [2.45, 2.75) is 6.92 Å². The highest BCUT2D eigenvalue weighted by Crippen LogP contribution is 2.20. The molecule has 0 unspecified atom stereocenters. The van der Waals surface area contributed by atoms with Crippen molar-refractivity contribution in [3.63, 3.8) is 0 Å². The first kappa shape index (κ1) is 11.1. The first-order valence-corrected chi connectivity index (χ1v) is 6.27. The minimum absolute atomic E-state index is 0.210. The van der Waals surface area contributed by atoms with E-state index in [4.69, 9.17) is 0 Å². The summed E-state index contributed by atoms with van der Waals surface area (Å²) < 4.78 is 14.9. The lowest BCUT2D eigenvalue weighted by molar-refractivity contribution is 0.103. The molecule has 5 heteroatoms. The largest absolute Gasteiger partial charge is 0.287 e. The van der Waals surface area contributed by atoms with Crippen molar-refractivity contribution >= 4 is 22.1 Å². The van der Waals surface area contributed by atoms with Gasteiger partial charge in [-0.1, -0.05) is 12.1 Å². The SMILES string of the molecule is Cc1nc2sccn2c1C(=O)c1cccc(F)c1. The number of hydrogen-bond donors (Lipinski definition) is 0. The Hall–Kier alpha value is -2.01. The third-order valence-electron chi connectivity index (χ3n) is 2.74. The van der Waals surface area contributed by atoms with Crippen molar-refractivity contribution < 1.29 is 9.18 Å². The molecule has 0 fully saturated rings. The van der Waals surface area contributed by atoms with Crippen molar-refractivity contribution in [2.24, 2.45) is 0 Å². The molecular weight excluding hydrogens is 251 g/mol. The quantitative estimate of drug-likeness (QED) is 0.664. The smallest absolute Gasteiger partial charge is 0.211 e. The number of carbonyl (C=O) groups excluding carboxylic acids is 1. The fraction of sp³-hybridized carbons (Fsp3) is 0.0769. The van der Waals surface area contributed by atoms with Gasteiger partial charge >= 0.3 is 0 Å². The molecule has 0 saturated heterocycles. The topological polar surface area (TPSA) is 34.4 Å². The maximum atomic E-state index is 13.2. The molecule has 2 aromatic heterocycles. The first-order chi connectivity index (χ1) is 8.66. The van der Waals surface area contributed by atoms with Crippen molar-refractivity contribution in [3.8, 4) is 0 Å². The Morgan fingerprint density at radius 3 is 3.06 bits per heavy atom. The van der Waals surface area contributed by atoms with Crippen molar-refractivity contribution in [1.82, 2.24) is 9.38 Å².